The Morgan fingerprint density at radius 1 is 1.06 bits per heavy atom. The van der Waals surface area contributed by atoms with Crippen molar-refractivity contribution in [2.45, 2.75) is 71.2 Å². The van der Waals surface area contributed by atoms with Gasteiger partial charge in [0.25, 0.3) is 0 Å². The van der Waals surface area contributed by atoms with Crippen molar-refractivity contribution in [2.75, 3.05) is 0 Å². The average molecular weight is 256 g/mol. The molecule has 0 aliphatic heterocycles. The van der Waals surface area contributed by atoms with Gasteiger partial charge in [0.2, 0.25) is 0 Å². The first-order valence-electron chi connectivity index (χ1n) is 7.28. The van der Waals surface area contributed by atoms with Crippen molar-refractivity contribution in [3.05, 3.63) is 0 Å². The lowest BCUT2D eigenvalue weighted by atomic mass is 9.50. The molecule has 0 heterocycles. The Bertz CT molecular complexity index is 313. The van der Waals surface area contributed by atoms with Crippen LogP contribution in [0, 0.1) is 23.2 Å². The first-order valence-corrected chi connectivity index (χ1v) is 7.28. The fraction of sp³-hybridized carbons (Fsp3) is 1.00. The van der Waals surface area contributed by atoms with Crippen LogP contribution in [0.15, 0.2) is 0 Å². The Kier molecular flexibility index (Phi) is 3.54. The highest BCUT2D eigenvalue weighted by Gasteiger charge is 2.59. The van der Waals surface area contributed by atoms with Crippen LogP contribution < -0.4 is 0 Å². The smallest absolute Gasteiger partial charge is 0.0679 e. The molecule has 0 unspecified atom stereocenters. The molecule has 2 rings (SSSR count). The Hall–Kier alpha value is -0.120. The lowest BCUT2D eigenvalue weighted by Gasteiger charge is -2.58. The van der Waals surface area contributed by atoms with E-state index in [0.29, 0.717) is 18.8 Å². The van der Waals surface area contributed by atoms with Crippen molar-refractivity contribution < 1.29 is 15.3 Å². The van der Waals surface area contributed by atoms with Crippen molar-refractivity contribution in [2.24, 2.45) is 23.2 Å². The van der Waals surface area contributed by atoms with Gasteiger partial charge in [0.05, 0.1) is 17.8 Å². The number of hydrogen-bond acceptors (Lipinski definition) is 3. The molecule has 2 aliphatic carbocycles. The molecular weight excluding hydrogens is 228 g/mol. The first kappa shape index (κ1) is 14.3. The van der Waals surface area contributed by atoms with Crippen LogP contribution >= 0.6 is 0 Å². The van der Waals surface area contributed by atoms with Crippen LogP contribution in [0.1, 0.15) is 53.4 Å². The summed E-state index contributed by atoms with van der Waals surface area (Å²) in [5, 5.41) is 31.6. The van der Waals surface area contributed by atoms with Crippen molar-refractivity contribution in [1.82, 2.24) is 0 Å². The van der Waals surface area contributed by atoms with Gasteiger partial charge in [-0.05, 0) is 44.4 Å². The first-order chi connectivity index (χ1) is 8.20. The standard InChI is InChI=1S/C15H28O3/c1-9(2)10-5-7-14(3)11(16)6-8-15(4,18)13(14)12(10)17/h9-13,16-18H,5-8H2,1-4H3/t10-,11-,12-,13+,14-,15+/m1/s1. The lowest BCUT2D eigenvalue weighted by Crippen LogP contribution is -2.63. The highest BCUT2D eigenvalue weighted by Crippen LogP contribution is 2.56. The molecule has 3 nitrogen and oxygen atoms in total. The van der Waals surface area contributed by atoms with E-state index in [4.69, 9.17) is 0 Å². The Balaban J connectivity index is 2.35. The number of fused-ring (bicyclic) bond motifs is 1. The van der Waals surface area contributed by atoms with Crippen LogP contribution in [0.4, 0.5) is 0 Å². The van der Waals surface area contributed by atoms with Crippen LogP contribution in [0.25, 0.3) is 0 Å². The Labute approximate surface area is 110 Å². The second kappa shape index (κ2) is 4.46. The summed E-state index contributed by atoms with van der Waals surface area (Å²) in [4.78, 5) is 0. The largest absolute Gasteiger partial charge is 0.393 e. The molecule has 18 heavy (non-hydrogen) atoms. The van der Waals surface area contributed by atoms with E-state index < -0.39 is 17.8 Å². The third kappa shape index (κ3) is 2.00. The zero-order valence-electron chi connectivity index (χ0n) is 12.1. The third-order valence-corrected chi connectivity index (χ3v) is 5.72. The molecule has 2 fully saturated rings. The Morgan fingerprint density at radius 3 is 2.22 bits per heavy atom. The highest BCUT2D eigenvalue weighted by molar-refractivity contribution is 5.08. The van der Waals surface area contributed by atoms with E-state index in [1.807, 2.05) is 13.8 Å². The summed E-state index contributed by atoms with van der Waals surface area (Å²) in [6, 6.07) is 0. The molecule has 0 aromatic rings. The van der Waals surface area contributed by atoms with Crippen LogP contribution in [0.2, 0.25) is 0 Å². The second-order valence-corrected chi connectivity index (χ2v) is 7.33. The molecule has 2 aliphatic rings. The fourth-order valence-corrected chi connectivity index (χ4v) is 4.54. The van der Waals surface area contributed by atoms with Crippen LogP contribution in [-0.4, -0.2) is 33.1 Å². The zero-order chi connectivity index (χ0) is 13.7. The molecule has 2 saturated carbocycles. The summed E-state index contributed by atoms with van der Waals surface area (Å²) in [5.74, 6) is 0.439. The van der Waals surface area contributed by atoms with Crippen molar-refractivity contribution >= 4 is 0 Å². The predicted octanol–water partition coefficient (Wildman–Crippen LogP) is 1.94. The molecule has 0 radical (unpaired) electrons. The third-order valence-electron chi connectivity index (χ3n) is 5.72. The molecule has 0 spiro atoms. The minimum Gasteiger partial charge on any atom is -0.393 e. The molecule has 3 heteroatoms. The molecule has 0 amide bonds. The van der Waals surface area contributed by atoms with E-state index in [1.165, 1.54) is 0 Å². The molecule has 0 aromatic carbocycles. The number of hydrogen-bond donors (Lipinski definition) is 3. The van der Waals surface area contributed by atoms with Gasteiger partial charge in [-0.1, -0.05) is 20.8 Å². The Morgan fingerprint density at radius 2 is 1.67 bits per heavy atom. The van der Waals surface area contributed by atoms with Crippen molar-refractivity contribution in [1.29, 1.82) is 0 Å². The van der Waals surface area contributed by atoms with Gasteiger partial charge in [0.1, 0.15) is 0 Å². The van der Waals surface area contributed by atoms with Crippen molar-refractivity contribution in [3.8, 4) is 0 Å². The van der Waals surface area contributed by atoms with Gasteiger partial charge in [0.15, 0.2) is 0 Å². The van der Waals surface area contributed by atoms with Gasteiger partial charge in [-0.15, -0.1) is 0 Å². The summed E-state index contributed by atoms with van der Waals surface area (Å²) in [5.41, 5.74) is -1.20. The number of rotatable bonds is 1. The average Bonchev–Trinajstić information content (AvgIpc) is 2.23. The zero-order valence-corrected chi connectivity index (χ0v) is 12.1. The summed E-state index contributed by atoms with van der Waals surface area (Å²) >= 11 is 0. The molecule has 0 saturated heterocycles. The molecular formula is C15H28O3. The number of aliphatic hydroxyl groups excluding tert-OH is 2. The summed E-state index contributed by atoms with van der Waals surface area (Å²) in [6.45, 7) is 8.12. The lowest BCUT2D eigenvalue weighted by molar-refractivity contribution is -0.219. The van der Waals surface area contributed by atoms with Gasteiger partial charge in [0, 0.05) is 11.3 Å². The van der Waals surface area contributed by atoms with Crippen LogP contribution in [0.3, 0.4) is 0 Å². The minimum atomic E-state index is -0.860. The van der Waals surface area contributed by atoms with Gasteiger partial charge in [-0.3, -0.25) is 0 Å². The van der Waals surface area contributed by atoms with E-state index >= 15 is 0 Å². The second-order valence-electron chi connectivity index (χ2n) is 7.33. The SMILES string of the molecule is CC(C)[C@H]1CC[C@]2(C)[C@H](O)CC[C@](C)(O)[C@H]2[C@@H]1O. The summed E-state index contributed by atoms with van der Waals surface area (Å²) in [7, 11) is 0. The van der Waals surface area contributed by atoms with Gasteiger partial charge < -0.3 is 15.3 Å². The predicted molar refractivity (Wildman–Crippen MR) is 71.0 cm³/mol. The molecule has 106 valence electrons. The van der Waals surface area contributed by atoms with E-state index in [2.05, 4.69) is 13.8 Å². The van der Waals surface area contributed by atoms with Gasteiger partial charge in [-0.25, -0.2) is 0 Å². The maximum atomic E-state index is 10.7. The van der Waals surface area contributed by atoms with Gasteiger partial charge in [-0.2, -0.15) is 0 Å². The maximum absolute atomic E-state index is 10.7. The number of aliphatic hydroxyl groups is 3. The normalized spacial score (nSPS) is 53.3. The van der Waals surface area contributed by atoms with Crippen molar-refractivity contribution in [3.63, 3.8) is 0 Å². The summed E-state index contributed by atoms with van der Waals surface area (Å²) in [6.07, 6.45) is 2.16. The van der Waals surface area contributed by atoms with E-state index in [0.717, 1.165) is 12.8 Å². The van der Waals surface area contributed by atoms with E-state index in [-0.39, 0.29) is 17.3 Å². The minimum absolute atomic E-state index is 0.213. The fourth-order valence-electron chi connectivity index (χ4n) is 4.54. The van der Waals surface area contributed by atoms with Gasteiger partial charge >= 0.3 is 0 Å². The summed E-state index contributed by atoms with van der Waals surface area (Å²) < 4.78 is 0. The molecule has 0 bridgehead atoms. The quantitative estimate of drug-likeness (QED) is 0.672. The molecule has 0 aromatic heterocycles. The van der Waals surface area contributed by atoms with Crippen LogP contribution in [0.5, 0.6) is 0 Å². The van der Waals surface area contributed by atoms with Crippen LogP contribution in [-0.2, 0) is 0 Å². The molecule has 6 atom stereocenters. The highest BCUT2D eigenvalue weighted by atomic mass is 16.3. The maximum Gasteiger partial charge on any atom is 0.0679 e. The topological polar surface area (TPSA) is 60.7 Å². The van der Waals surface area contributed by atoms with E-state index in [1.54, 1.807) is 0 Å². The van der Waals surface area contributed by atoms with E-state index in [9.17, 15) is 15.3 Å². The molecule has 3 N–H and O–H groups in total. The monoisotopic (exact) mass is 256 g/mol.